The van der Waals surface area contributed by atoms with Crippen LogP contribution in [0.3, 0.4) is 0 Å². The van der Waals surface area contributed by atoms with E-state index in [1.54, 1.807) is 12.1 Å². The molecule has 0 saturated carbocycles. The zero-order valence-electron chi connectivity index (χ0n) is 6.68. The zero-order valence-corrected chi connectivity index (χ0v) is 6.68. The lowest BCUT2D eigenvalue weighted by atomic mass is 10.4. The fraction of sp³-hybridized carbons (Fsp3) is 0. The van der Waals surface area contributed by atoms with Gasteiger partial charge in [-0.3, -0.25) is 10.1 Å². The van der Waals surface area contributed by atoms with Crippen molar-refractivity contribution in [2.24, 2.45) is 0 Å². The number of pyridine rings is 1. The topological polar surface area (TPSA) is 94.1 Å². The summed E-state index contributed by atoms with van der Waals surface area (Å²) in [6.45, 7) is 0. The fourth-order valence-corrected chi connectivity index (χ4v) is 0.685. The normalized spacial score (nSPS) is 10.2. The number of nitrogens with one attached hydrogen (secondary N) is 1. The Morgan fingerprint density at radius 1 is 1.62 bits per heavy atom. The van der Waals surface area contributed by atoms with Crippen LogP contribution in [0.15, 0.2) is 30.7 Å². The Morgan fingerprint density at radius 2 is 2.38 bits per heavy atom. The van der Waals surface area contributed by atoms with Crippen LogP contribution in [-0.2, 0) is 0 Å². The minimum atomic E-state index is -0.558. The molecule has 68 valence electrons. The summed E-state index contributed by atoms with van der Waals surface area (Å²) < 4.78 is 0. The molecule has 0 aromatic carbocycles. The molecule has 0 bridgehead atoms. The summed E-state index contributed by atoms with van der Waals surface area (Å²) in [7, 11) is 0. The van der Waals surface area contributed by atoms with Gasteiger partial charge in [0.05, 0.1) is 23.0 Å². The summed E-state index contributed by atoms with van der Waals surface area (Å²) in [5.41, 5.74) is 5.98. The first-order valence-corrected chi connectivity index (χ1v) is 3.47. The number of anilines is 2. The van der Waals surface area contributed by atoms with Gasteiger partial charge in [-0.05, 0) is 12.1 Å². The van der Waals surface area contributed by atoms with Crippen molar-refractivity contribution in [1.82, 2.24) is 4.98 Å². The molecule has 0 saturated heterocycles. The Kier molecular flexibility index (Phi) is 2.80. The van der Waals surface area contributed by atoms with Crippen molar-refractivity contribution >= 4 is 11.5 Å². The number of rotatable bonds is 3. The first-order chi connectivity index (χ1) is 6.18. The first kappa shape index (κ1) is 8.98. The highest BCUT2D eigenvalue weighted by Crippen LogP contribution is 2.06. The van der Waals surface area contributed by atoms with E-state index in [4.69, 9.17) is 5.73 Å². The summed E-state index contributed by atoms with van der Waals surface area (Å²) >= 11 is 0. The molecule has 0 unspecified atom stereocenters. The Labute approximate surface area is 74.2 Å². The third-order valence-corrected chi connectivity index (χ3v) is 1.23. The molecular weight excluding hydrogens is 172 g/mol. The van der Waals surface area contributed by atoms with Crippen molar-refractivity contribution in [3.8, 4) is 0 Å². The SMILES string of the molecule is Nc1ccc(N/C=C/[N+](=O)[O-])cn1. The molecule has 0 atom stereocenters. The van der Waals surface area contributed by atoms with Gasteiger partial charge >= 0.3 is 0 Å². The highest BCUT2D eigenvalue weighted by atomic mass is 16.6. The predicted molar refractivity (Wildman–Crippen MR) is 48.4 cm³/mol. The van der Waals surface area contributed by atoms with Gasteiger partial charge in [-0.1, -0.05) is 0 Å². The second-order valence-electron chi connectivity index (χ2n) is 2.22. The van der Waals surface area contributed by atoms with E-state index in [0.29, 0.717) is 11.5 Å². The number of nitrogens with two attached hydrogens (primary N) is 1. The maximum Gasteiger partial charge on any atom is 0.250 e. The van der Waals surface area contributed by atoms with E-state index < -0.39 is 4.92 Å². The number of nitrogen functional groups attached to an aromatic ring is 1. The molecule has 0 amide bonds. The van der Waals surface area contributed by atoms with Crippen LogP contribution >= 0.6 is 0 Å². The molecule has 0 aliphatic rings. The molecule has 1 aromatic rings. The number of aromatic nitrogens is 1. The number of nitrogens with zero attached hydrogens (tertiary/aromatic N) is 2. The summed E-state index contributed by atoms with van der Waals surface area (Å²) in [4.78, 5) is 13.1. The highest BCUT2D eigenvalue weighted by molar-refractivity contribution is 5.46. The van der Waals surface area contributed by atoms with E-state index >= 15 is 0 Å². The van der Waals surface area contributed by atoms with Crippen LogP contribution in [0.5, 0.6) is 0 Å². The van der Waals surface area contributed by atoms with Crippen LogP contribution in [0.25, 0.3) is 0 Å². The minimum absolute atomic E-state index is 0.406. The molecule has 6 heteroatoms. The molecule has 0 aliphatic carbocycles. The van der Waals surface area contributed by atoms with Crippen molar-refractivity contribution < 1.29 is 4.92 Å². The Hall–Kier alpha value is -2.11. The highest BCUT2D eigenvalue weighted by Gasteiger charge is 1.89. The molecule has 0 aliphatic heterocycles. The average molecular weight is 180 g/mol. The van der Waals surface area contributed by atoms with E-state index in [2.05, 4.69) is 10.3 Å². The van der Waals surface area contributed by atoms with Crippen molar-refractivity contribution in [2.45, 2.75) is 0 Å². The standard InChI is InChI=1S/C7H8N4O2/c8-7-2-1-6(5-10-7)9-3-4-11(12)13/h1-5,9H,(H2,8,10)/b4-3+. The summed E-state index contributed by atoms with van der Waals surface area (Å²) in [5.74, 6) is 0.406. The fourth-order valence-electron chi connectivity index (χ4n) is 0.685. The van der Waals surface area contributed by atoms with Crippen molar-refractivity contribution in [1.29, 1.82) is 0 Å². The lowest BCUT2D eigenvalue weighted by Gasteiger charge is -1.97. The number of hydrogen-bond donors (Lipinski definition) is 2. The maximum absolute atomic E-state index is 9.89. The van der Waals surface area contributed by atoms with Gasteiger partial charge in [-0.2, -0.15) is 0 Å². The van der Waals surface area contributed by atoms with Crippen molar-refractivity contribution in [3.63, 3.8) is 0 Å². The van der Waals surface area contributed by atoms with Gasteiger partial charge < -0.3 is 11.1 Å². The largest absolute Gasteiger partial charge is 0.384 e. The molecule has 6 nitrogen and oxygen atoms in total. The zero-order chi connectivity index (χ0) is 9.68. The van der Waals surface area contributed by atoms with E-state index in [0.717, 1.165) is 6.20 Å². The summed E-state index contributed by atoms with van der Waals surface area (Å²) in [5, 5.41) is 12.5. The molecule has 0 fully saturated rings. The summed E-state index contributed by atoms with van der Waals surface area (Å²) in [6.07, 6.45) is 3.50. The van der Waals surface area contributed by atoms with Gasteiger partial charge in [-0.25, -0.2) is 4.98 Å². The smallest absolute Gasteiger partial charge is 0.250 e. The Bertz CT molecular complexity index is 320. The van der Waals surface area contributed by atoms with Crippen LogP contribution in [0.1, 0.15) is 0 Å². The van der Waals surface area contributed by atoms with Gasteiger partial charge in [0.15, 0.2) is 0 Å². The van der Waals surface area contributed by atoms with Gasteiger partial charge in [0.25, 0.3) is 0 Å². The van der Waals surface area contributed by atoms with Crippen LogP contribution in [-0.4, -0.2) is 9.91 Å². The summed E-state index contributed by atoms with van der Waals surface area (Å²) in [6, 6.07) is 3.27. The molecule has 0 spiro atoms. The molecule has 0 radical (unpaired) electrons. The van der Waals surface area contributed by atoms with Gasteiger partial charge in [0.2, 0.25) is 6.20 Å². The van der Waals surface area contributed by atoms with Crippen LogP contribution in [0.2, 0.25) is 0 Å². The minimum Gasteiger partial charge on any atom is -0.384 e. The lowest BCUT2D eigenvalue weighted by Crippen LogP contribution is -1.93. The lowest BCUT2D eigenvalue weighted by molar-refractivity contribution is -0.402. The molecule has 13 heavy (non-hydrogen) atoms. The average Bonchev–Trinajstić information content (AvgIpc) is 2.08. The number of hydrogen-bond acceptors (Lipinski definition) is 5. The third-order valence-electron chi connectivity index (χ3n) is 1.23. The van der Waals surface area contributed by atoms with E-state index in [-0.39, 0.29) is 0 Å². The second kappa shape index (κ2) is 4.05. The predicted octanol–water partition coefficient (Wildman–Crippen LogP) is 0.824. The first-order valence-electron chi connectivity index (χ1n) is 3.47. The van der Waals surface area contributed by atoms with Crippen molar-refractivity contribution in [2.75, 3.05) is 11.1 Å². The van der Waals surface area contributed by atoms with Crippen LogP contribution < -0.4 is 11.1 Å². The monoisotopic (exact) mass is 180 g/mol. The Balaban J connectivity index is 2.55. The molecule has 1 rings (SSSR count). The van der Waals surface area contributed by atoms with Crippen LogP contribution in [0.4, 0.5) is 11.5 Å². The van der Waals surface area contributed by atoms with Gasteiger partial charge in [0, 0.05) is 0 Å². The maximum atomic E-state index is 9.89. The van der Waals surface area contributed by atoms with Crippen LogP contribution in [0, 0.1) is 10.1 Å². The Morgan fingerprint density at radius 3 is 2.92 bits per heavy atom. The molecular formula is C7H8N4O2. The van der Waals surface area contributed by atoms with Crippen molar-refractivity contribution in [3.05, 3.63) is 40.8 Å². The quantitative estimate of drug-likeness (QED) is 0.530. The van der Waals surface area contributed by atoms with Gasteiger partial charge in [0.1, 0.15) is 5.82 Å². The van der Waals surface area contributed by atoms with E-state index in [1.165, 1.54) is 12.4 Å². The third kappa shape index (κ3) is 3.19. The number of nitro groups is 1. The van der Waals surface area contributed by atoms with E-state index in [9.17, 15) is 10.1 Å². The molecule has 1 aromatic heterocycles. The molecule has 1 heterocycles. The van der Waals surface area contributed by atoms with Gasteiger partial charge in [-0.15, -0.1) is 0 Å². The second-order valence-corrected chi connectivity index (χ2v) is 2.22. The molecule has 3 N–H and O–H groups in total. The van der Waals surface area contributed by atoms with E-state index in [1.807, 2.05) is 0 Å².